The fraction of sp³-hybridized carbons (Fsp3) is 0.647. The molecule has 0 aromatic heterocycles. The number of nitrogens with one attached hydrogen (secondary N) is 1. The average Bonchev–Trinajstić information content (AvgIpc) is 2.46. The minimum atomic E-state index is -0.284. The number of hydrogen-bond acceptors (Lipinski definition) is 2. The van der Waals surface area contributed by atoms with Gasteiger partial charge in [0.1, 0.15) is 0 Å². The second-order valence-corrected chi connectivity index (χ2v) is 6.06. The predicted octanol–water partition coefficient (Wildman–Crippen LogP) is 4.14. The SMILES string of the molecule is COc1ccc(CNCCC2CCC(C)CC2)cc1F. The normalized spacial score (nSPS) is 22.8. The van der Waals surface area contributed by atoms with Crippen molar-refractivity contribution < 1.29 is 9.13 Å². The van der Waals surface area contributed by atoms with Crippen LogP contribution in [0.1, 0.15) is 44.6 Å². The maximum absolute atomic E-state index is 13.5. The third-order valence-corrected chi connectivity index (χ3v) is 4.41. The first-order chi connectivity index (χ1) is 9.69. The van der Waals surface area contributed by atoms with Crippen molar-refractivity contribution in [2.45, 2.75) is 45.6 Å². The van der Waals surface area contributed by atoms with E-state index in [2.05, 4.69) is 12.2 Å². The second-order valence-electron chi connectivity index (χ2n) is 6.06. The summed E-state index contributed by atoms with van der Waals surface area (Å²) in [6.07, 6.45) is 6.76. The Hall–Kier alpha value is -1.09. The lowest BCUT2D eigenvalue weighted by Crippen LogP contribution is -2.20. The lowest BCUT2D eigenvalue weighted by molar-refractivity contribution is 0.275. The molecule has 2 rings (SSSR count). The zero-order valence-electron chi connectivity index (χ0n) is 12.6. The molecule has 0 heterocycles. The second kappa shape index (κ2) is 7.63. The van der Waals surface area contributed by atoms with Gasteiger partial charge in [-0.3, -0.25) is 0 Å². The monoisotopic (exact) mass is 279 g/mol. The van der Waals surface area contributed by atoms with Gasteiger partial charge in [0.05, 0.1) is 7.11 Å². The van der Waals surface area contributed by atoms with Crippen LogP contribution in [-0.2, 0) is 6.54 Å². The Kier molecular flexibility index (Phi) is 5.84. The number of ether oxygens (including phenoxy) is 1. The Morgan fingerprint density at radius 3 is 2.65 bits per heavy atom. The van der Waals surface area contributed by atoms with Crippen LogP contribution >= 0.6 is 0 Å². The lowest BCUT2D eigenvalue weighted by Gasteiger charge is -2.26. The third kappa shape index (κ3) is 4.48. The Morgan fingerprint density at radius 2 is 2.00 bits per heavy atom. The molecular weight excluding hydrogens is 253 g/mol. The first kappa shape index (κ1) is 15.3. The van der Waals surface area contributed by atoms with Crippen molar-refractivity contribution in [1.29, 1.82) is 0 Å². The third-order valence-electron chi connectivity index (χ3n) is 4.41. The summed E-state index contributed by atoms with van der Waals surface area (Å²) in [7, 11) is 1.49. The van der Waals surface area contributed by atoms with Crippen LogP contribution in [-0.4, -0.2) is 13.7 Å². The van der Waals surface area contributed by atoms with Gasteiger partial charge in [0.15, 0.2) is 11.6 Å². The molecule has 1 fully saturated rings. The van der Waals surface area contributed by atoms with Crippen molar-refractivity contribution in [3.05, 3.63) is 29.6 Å². The Bertz CT molecular complexity index is 413. The first-order valence-corrected chi connectivity index (χ1v) is 7.72. The summed E-state index contributed by atoms with van der Waals surface area (Å²) in [6.45, 7) is 4.10. The van der Waals surface area contributed by atoms with Crippen molar-refractivity contribution >= 4 is 0 Å². The summed E-state index contributed by atoms with van der Waals surface area (Å²) in [6, 6.07) is 5.15. The summed E-state index contributed by atoms with van der Waals surface area (Å²) in [5, 5.41) is 3.42. The number of benzene rings is 1. The summed E-state index contributed by atoms with van der Waals surface area (Å²) in [4.78, 5) is 0. The van der Waals surface area contributed by atoms with Gasteiger partial charge in [-0.05, 0) is 42.5 Å². The van der Waals surface area contributed by atoms with Crippen molar-refractivity contribution in [2.24, 2.45) is 11.8 Å². The van der Waals surface area contributed by atoms with E-state index in [0.717, 1.165) is 30.5 Å². The van der Waals surface area contributed by atoms with E-state index in [1.807, 2.05) is 6.07 Å². The molecule has 112 valence electrons. The molecule has 0 radical (unpaired) electrons. The van der Waals surface area contributed by atoms with Crippen LogP contribution in [0.15, 0.2) is 18.2 Å². The molecule has 0 saturated heterocycles. The molecule has 2 nitrogen and oxygen atoms in total. The van der Waals surface area contributed by atoms with Crippen LogP contribution in [0.25, 0.3) is 0 Å². The first-order valence-electron chi connectivity index (χ1n) is 7.72. The molecule has 1 aromatic carbocycles. The smallest absolute Gasteiger partial charge is 0.165 e. The van der Waals surface area contributed by atoms with Crippen LogP contribution in [0.2, 0.25) is 0 Å². The summed E-state index contributed by atoms with van der Waals surface area (Å²) >= 11 is 0. The van der Waals surface area contributed by atoms with Gasteiger partial charge in [-0.15, -0.1) is 0 Å². The minimum absolute atomic E-state index is 0.284. The molecule has 1 saturated carbocycles. The number of methoxy groups -OCH3 is 1. The molecule has 0 amide bonds. The van der Waals surface area contributed by atoms with Crippen molar-refractivity contribution in [1.82, 2.24) is 5.32 Å². The summed E-state index contributed by atoms with van der Waals surface area (Å²) in [5.41, 5.74) is 0.973. The van der Waals surface area contributed by atoms with Gasteiger partial charge >= 0.3 is 0 Å². The highest BCUT2D eigenvalue weighted by atomic mass is 19.1. The van der Waals surface area contributed by atoms with Gasteiger partial charge < -0.3 is 10.1 Å². The zero-order chi connectivity index (χ0) is 14.4. The van der Waals surface area contributed by atoms with Gasteiger partial charge in [-0.2, -0.15) is 0 Å². The molecule has 20 heavy (non-hydrogen) atoms. The highest BCUT2D eigenvalue weighted by Gasteiger charge is 2.17. The standard InChI is InChI=1S/C17H26FNO/c1-13-3-5-14(6-4-13)9-10-19-12-15-7-8-17(20-2)16(18)11-15/h7-8,11,13-14,19H,3-6,9-10,12H2,1-2H3. The van der Waals surface area contributed by atoms with E-state index in [0.29, 0.717) is 5.75 Å². The van der Waals surface area contributed by atoms with Gasteiger partial charge in [0.25, 0.3) is 0 Å². The maximum atomic E-state index is 13.5. The summed E-state index contributed by atoms with van der Waals surface area (Å²) in [5.74, 6) is 1.82. The van der Waals surface area contributed by atoms with E-state index in [1.54, 1.807) is 12.1 Å². The summed E-state index contributed by atoms with van der Waals surface area (Å²) < 4.78 is 18.5. The Balaban J connectivity index is 1.67. The van der Waals surface area contributed by atoms with E-state index in [1.165, 1.54) is 39.2 Å². The molecule has 1 N–H and O–H groups in total. The fourth-order valence-electron chi connectivity index (χ4n) is 2.98. The van der Waals surface area contributed by atoms with E-state index >= 15 is 0 Å². The van der Waals surface area contributed by atoms with E-state index in [9.17, 15) is 4.39 Å². The average molecular weight is 279 g/mol. The van der Waals surface area contributed by atoms with Crippen molar-refractivity contribution in [3.63, 3.8) is 0 Å². The maximum Gasteiger partial charge on any atom is 0.165 e. The van der Waals surface area contributed by atoms with Crippen molar-refractivity contribution in [2.75, 3.05) is 13.7 Å². The van der Waals surface area contributed by atoms with Crippen LogP contribution in [0.3, 0.4) is 0 Å². The molecule has 0 atom stereocenters. The molecule has 0 spiro atoms. The van der Waals surface area contributed by atoms with E-state index in [4.69, 9.17) is 4.74 Å². The predicted molar refractivity (Wildman–Crippen MR) is 80.4 cm³/mol. The molecule has 0 aliphatic heterocycles. The van der Waals surface area contributed by atoms with Crippen molar-refractivity contribution in [3.8, 4) is 5.75 Å². The fourth-order valence-corrected chi connectivity index (χ4v) is 2.98. The van der Waals surface area contributed by atoms with Crippen LogP contribution in [0, 0.1) is 17.7 Å². The van der Waals surface area contributed by atoms with Gasteiger partial charge in [-0.1, -0.05) is 38.7 Å². The zero-order valence-corrected chi connectivity index (χ0v) is 12.6. The number of hydrogen-bond donors (Lipinski definition) is 1. The Labute approximate surface area is 121 Å². The minimum Gasteiger partial charge on any atom is -0.494 e. The highest BCUT2D eigenvalue weighted by molar-refractivity contribution is 5.29. The Morgan fingerprint density at radius 1 is 1.25 bits per heavy atom. The number of rotatable bonds is 6. The van der Waals surface area contributed by atoms with Crippen LogP contribution in [0.5, 0.6) is 5.75 Å². The molecule has 0 unspecified atom stereocenters. The van der Waals surface area contributed by atoms with Crippen LogP contribution in [0.4, 0.5) is 4.39 Å². The quantitative estimate of drug-likeness (QED) is 0.790. The van der Waals surface area contributed by atoms with Gasteiger partial charge in [0.2, 0.25) is 0 Å². The molecule has 1 aliphatic carbocycles. The largest absolute Gasteiger partial charge is 0.494 e. The van der Waals surface area contributed by atoms with E-state index < -0.39 is 0 Å². The van der Waals surface area contributed by atoms with Gasteiger partial charge in [-0.25, -0.2) is 4.39 Å². The van der Waals surface area contributed by atoms with Crippen LogP contribution < -0.4 is 10.1 Å². The molecule has 3 heteroatoms. The number of halogens is 1. The highest BCUT2D eigenvalue weighted by Crippen LogP contribution is 2.29. The molecule has 1 aromatic rings. The molecular formula is C17H26FNO. The van der Waals surface area contributed by atoms with Gasteiger partial charge in [0, 0.05) is 6.54 Å². The molecule has 0 bridgehead atoms. The lowest BCUT2D eigenvalue weighted by atomic mass is 9.81. The molecule has 1 aliphatic rings. The van der Waals surface area contributed by atoms with E-state index in [-0.39, 0.29) is 5.82 Å². The topological polar surface area (TPSA) is 21.3 Å².